The zero-order valence-electron chi connectivity index (χ0n) is 17.0. The summed E-state index contributed by atoms with van der Waals surface area (Å²) in [6.45, 7) is 13.8. The number of likely N-dealkylation sites (tertiary alicyclic amines) is 1. The molecule has 2 N–H and O–H groups in total. The van der Waals surface area contributed by atoms with Gasteiger partial charge < -0.3 is 25.2 Å². The molecular formula is C19H41N5O. The highest BCUT2D eigenvalue weighted by molar-refractivity contribution is 5.79. The first-order valence-electron chi connectivity index (χ1n) is 10.1. The molecule has 0 saturated carbocycles. The maximum Gasteiger partial charge on any atom is 0.191 e. The van der Waals surface area contributed by atoms with Gasteiger partial charge in [-0.1, -0.05) is 6.92 Å². The lowest BCUT2D eigenvalue weighted by molar-refractivity contribution is 0.161. The summed E-state index contributed by atoms with van der Waals surface area (Å²) in [5.41, 5.74) is 0. The molecule has 0 aromatic carbocycles. The van der Waals surface area contributed by atoms with Gasteiger partial charge in [-0.3, -0.25) is 4.99 Å². The number of methoxy groups -OCH3 is 1. The fourth-order valence-corrected chi connectivity index (χ4v) is 3.03. The molecule has 25 heavy (non-hydrogen) atoms. The second-order valence-electron chi connectivity index (χ2n) is 7.21. The molecule has 1 saturated heterocycles. The molecule has 0 radical (unpaired) electrons. The van der Waals surface area contributed by atoms with Crippen LogP contribution in [0, 0.1) is 5.92 Å². The summed E-state index contributed by atoms with van der Waals surface area (Å²) >= 11 is 0. The molecule has 1 heterocycles. The molecule has 1 aliphatic heterocycles. The third-order valence-electron chi connectivity index (χ3n) is 4.81. The summed E-state index contributed by atoms with van der Waals surface area (Å²) in [6.07, 6.45) is 4.97. The summed E-state index contributed by atoms with van der Waals surface area (Å²) in [7, 11) is 3.88. The fraction of sp³-hybridized carbons (Fsp3) is 0.947. The van der Waals surface area contributed by atoms with Crippen LogP contribution in [0.3, 0.4) is 0 Å². The largest absolute Gasteiger partial charge is 0.383 e. The lowest BCUT2D eigenvalue weighted by atomic mass is 9.99. The Bertz CT molecular complexity index is 343. The van der Waals surface area contributed by atoms with Crippen LogP contribution in [0.1, 0.15) is 39.5 Å². The van der Waals surface area contributed by atoms with E-state index in [-0.39, 0.29) is 0 Å². The molecule has 0 aliphatic carbocycles. The number of guanidine groups is 1. The average Bonchev–Trinajstić information content (AvgIpc) is 2.61. The van der Waals surface area contributed by atoms with Crippen LogP contribution in [0.4, 0.5) is 0 Å². The van der Waals surface area contributed by atoms with Gasteiger partial charge in [-0.15, -0.1) is 0 Å². The molecule has 1 aliphatic rings. The number of piperidine rings is 1. The summed E-state index contributed by atoms with van der Waals surface area (Å²) in [4.78, 5) is 9.57. The topological polar surface area (TPSA) is 52.1 Å². The SMILES string of the molecule is CCNC(=NCCCN(C)CCOC)NCCCN1CCC(C)CC1. The van der Waals surface area contributed by atoms with Crippen molar-refractivity contribution in [3.8, 4) is 0 Å². The molecule has 148 valence electrons. The first kappa shape index (κ1) is 22.2. The number of nitrogens with one attached hydrogen (secondary N) is 2. The minimum absolute atomic E-state index is 0.792. The quantitative estimate of drug-likeness (QED) is 0.317. The third kappa shape index (κ3) is 11.4. The maximum atomic E-state index is 5.10. The van der Waals surface area contributed by atoms with Crippen molar-refractivity contribution in [3.05, 3.63) is 0 Å². The zero-order valence-corrected chi connectivity index (χ0v) is 17.0. The predicted molar refractivity (Wildman–Crippen MR) is 107 cm³/mol. The van der Waals surface area contributed by atoms with Gasteiger partial charge >= 0.3 is 0 Å². The van der Waals surface area contributed by atoms with Crippen molar-refractivity contribution in [1.29, 1.82) is 0 Å². The van der Waals surface area contributed by atoms with Gasteiger partial charge in [-0.05, 0) is 71.8 Å². The number of hydrogen-bond acceptors (Lipinski definition) is 4. The van der Waals surface area contributed by atoms with Crippen LogP contribution in [0.25, 0.3) is 0 Å². The Kier molecular flexibility index (Phi) is 12.7. The number of nitrogens with zero attached hydrogens (tertiary/aromatic N) is 3. The van der Waals surface area contributed by atoms with Crippen molar-refractivity contribution in [2.24, 2.45) is 10.9 Å². The van der Waals surface area contributed by atoms with Gasteiger partial charge in [0.15, 0.2) is 5.96 Å². The van der Waals surface area contributed by atoms with E-state index in [0.717, 1.165) is 57.6 Å². The highest BCUT2D eigenvalue weighted by atomic mass is 16.5. The van der Waals surface area contributed by atoms with E-state index in [1.807, 2.05) is 0 Å². The monoisotopic (exact) mass is 355 g/mol. The smallest absolute Gasteiger partial charge is 0.191 e. The van der Waals surface area contributed by atoms with Crippen LogP contribution in [0.5, 0.6) is 0 Å². The van der Waals surface area contributed by atoms with Gasteiger partial charge in [0.25, 0.3) is 0 Å². The van der Waals surface area contributed by atoms with Crippen LogP contribution in [0.15, 0.2) is 4.99 Å². The molecular weight excluding hydrogens is 314 g/mol. The Morgan fingerprint density at radius 3 is 2.64 bits per heavy atom. The molecule has 6 nitrogen and oxygen atoms in total. The maximum absolute atomic E-state index is 5.10. The van der Waals surface area contributed by atoms with Crippen molar-refractivity contribution < 1.29 is 4.74 Å². The Morgan fingerprint density at radius 2 is 1.96 bits per heavy atom. The van der Waals surface area contributed by atoms with E-state index in [1.165, 1.54) is 38.9 Å². The van der Waals surface area contributed by atoms with Crippen LogP contribution >= 0.6 is 0 Å². The zero-order chi connectivity index (χ0) is 18.3. The van der Waals surface area contributed by atoms with E-state index in [0.29, 0.717) is 0 Å². The Labute approximate surface area is 155 Å². The van der Waals surface area contributed by atoms with E-state index in [4.69, 9.17) is 4.74 Å². The number of likely N-dealkylation sites (N-methyl/N-ethyl adjacent to an activating group) is 1. The normalized spacial score (nSPS) is 17.2. The molecule has 0 spiro atoms. The van der Waals surface area contributed by atoms with Crippen molar-refractivity contribution in [3.63, 3.8) is 0 Å². The Balaban J connectivity index is 2.13. The van der Waals surface area contributed by atoms with Crippen molar-refractivity contribution >= 4 is 5.96 Å². The molecule has 6 heteroatoms. The minimum Gasteiger partial charge on any atom is -0.383 e. The van der Waals surface area contributed by atoms with Crippen molar-refractivity contribution in [2.75, 3.05) is 73.1 Å². The van der Waals surface area contributed by atoms with E-state index in [1.54, 1.807) is 7.11 Å². The van der Waals surface area contributed by atoms with Crippen LogP contribution < -0.4 is 10.6 Å². The highest BCUT2D eigenvalue weighted by Crippen LogP contribution is 2.15. The molecule has 0 unspecified atom stereocenters. The van der Waals surface area contributed by atoms with Gasteiger partial charge in [0.1, 0.15) is 0 Å². The van der Waals surface area contributed by atoms with Crippen molar-refractivity contribution in [1.82, 2.24) is 20.4 Å². The van der Waals surface area contributed by atoms with Gasteiger partial charge in [-0.25, -0.2) is 0 Å². The van der Waals surface area contributed by atoms with E-state index < -0.39 is 0 Å². The van der Waals surface area contributed by atoms with Gasteiger partial charge in [-0.2, -0.15) is 0 Å². The van der Waals surface area contributed by atoms with E-state index in [9.17, 15) is 0 Å². The van der Waals surface area contributed by atoms with Crippen LogP contribution in [0.2, 0.25) is 0 Å². The number of hydrogen-bond donors (Lipinski definition) is 2. The van der Waals surface area contributed by atoms with Crippen LogP contribution in [-0.2, 0) is 4.74 Å². The molecule has 0 amide bonds. The summed E-state index contributed by atoms with van der Waals surface area (Å²) in [5, 5.41) is 6.81. The number of ether oxygens (including phenoxy) is 1. The summed E-state index contributed by atoms with van der Waals surface area (Å²) < 4.78 is 5.10. The molecule has 0 atom stereocenters. The first-order chi connectivity index (χ1) is 12.2. The summed E-state index contributed by atoms with van der Waals surface area (Å²) in [5.74, 6) is 1.87. The Hall–Kier alpha value is -0.850. The van der Waals surface area contributed by atoms with Gasteiger partial charge in [0.05, 0.1) is 6.61 Å². The second-order valence-corrected chi connectivity index (χ2v) is 7.21. The minimum atomic E-state index is 0.792. The fourth-order valence-electron chi connectivity index (χ4n) is 3.03. The summed E-state index contributed by atoms with van der Waals surface area (Å²) in [6, 6.07) is 0. The van der Waals surface area contributed by atoms with E-state index >= 15 is 0 Å². The molecule has 0 bridgehead atoms. The lowest BCUT2D eigenvalue weighted by Gasteiger charge is -2.30. The van der Waals surface area contributed by atoms with E-state index in [2.05, 4.69) is 46.3 Å². The predicted octanol–water partition coefficient (Wildman–Crippen LogP) is 1.63. The highest BCUT2D eigenvalue weighted by Gasteiger charge is 2.14. The van der Waals surface area contributed by atoms with Crippen LogP contribution in [-0.4, -0.2) is 88.9 Å². The second kappa shape index (κ2) is 14.3. The standard InChI is InChI=1S/C19H41N5O/c1-5-20-19(21-10-6-12-23(3)16-17-25-4)22-11-7-13-24-14-8-18(2)9-15-24/h18H,5-17H2,1-4H3,(H2,20,21,22). The molecule has 0 aromatic rings. The molecule has 1 fully saturated rings. The lowest BCUT2D eigenvalue weighted by Crippen LogP contribution is -2.40. The molecule has 0 aromatic heterocycles. The number of rotatable bonds is 12. The third-order valence-corrected chi connectivity index (χ3v) is 4.81. The molecule has 1 rings (SSSR count). The Morgan fingerprint density at radius 1 is 1.20 bits per heavy atom. The van der Waals surface area contributed by atoms with Gasteiger partial charge in [0, 0.05) is 33.3 Å². The van der Waals surface area contributed by atoms with Crippen molar-refractivity contribution in [2.45, 2.75) is 39.5 Å². The number of aliphatic imine (C=N–C) groups is 1. The van der Waals surface area contributed by atoms with Gasteiger partial charge in [0.2, 0.25) is 0 Å². The first-order valence-corrected chi connectivity index (χ1v) is 10.1. The average molecular weight is 356 g/mol.